The van der Waals surface area contributed by atoms with E-state index >= 15 is 0 Å². The molecule has 186 valence electrons. The van der Waals surface area contributed by atoms with Gasteiger partial charge in [-0.05, 0) is 43.5 Å². The summed E-state index contributed by atoms with van der Waals surface area (Å²) >= 11 is 0. The lowest BCUT2D eigenvalue weighted by molar-refractivity contribution is -0.125. The fraction of sp³-hybridized carbons (Fsp3) is 0.320. The lowest BCUT2D eigenvalue weighted by Crippen LogP contribution is -2.38. The number of carbonyl (C=O) groups is 1. The first kappa shape index (κ1) is 23.5. The molecular weight excluding hydrogens is 465 g/mol. The van der Waals surface area contributed by atoms with Crippen molar-refractivity contribution in [3.8, 4) is 17.1 Å². The molecule has 3 heterocycles. The first-order valence-corrected chi connectivity index (χ1v) is 11.6. The average Bonchev–Trinajstić information content (AvgIpc) is 3.67. The van der Waals surface area contributed by atoms with E-state index in [2.05, 4.69) is 30.7 Å². The number of nitrogen functional groups attached to an aromatic ring is 1. The minimum absolute atomic E-state index is 0.143. The largest absolute Gasteiger partial charge is 0.481 e. The van der Waals surface area contributed by atoms with Gasteiger partial charge >= 0.3 is 0 Å². The number of ether oxygens (including phenoxy) is 1. The Morgan fingerprint density at radius 2 is 2.08 bits per heavy atom. The zero-order chi connectivity index (χ0) is 25.2. The fourth-order valence-corrected chi connectivity index (χ4v) is 4.24. The minimum Gasteiger partial charge on any atom is -0.481 e. The molecule has 0 saturated heterocycles. The summed E-state index contributed by atoms with van der Waals surface area (Å²) in [5.41, 5.74) is 9.82. The smallest absolute Gasteiger partial charge is 0.260 e. The lowest BCUT2D eigenvalue weighted by Gasteiger charge is -2.29. The van der Waals surface area contributed by atoms with E-state index in [9.17, 15) is 9.18 Å². The van der Waals surface area contributed by atoms with Crippen molar-refractivity contribution in [2.24, 2.45) is 5.16 Å². The van der Waals surface area contributed by atoms with Crippen LogP contribution >= 0.6 is 0 Å². The van der Waals surface area contributed by atoms with Crippen LogP contribution in [0.1, 0.15) is 41.4 Å². The second-order valence-corrected chi connectivity index (χ2v) is 8.74. The summed E-state index contributed by atoms with van der Waals surface area (Å²) in [6.45, 7) is 1.59. The molecule has 1 atom stereocenters. The van der Waals surface area contributed by atoms with E-state index in [4.69, 9.17) is 15.3 Å². The SMILES string of the molecule is COc1cccc(-c2cc(F)ccc2C2Cc3nc(N)nc(C)c3/C(=N/OCC(=O)NC3CC3)N2)n1. The van der Waals surface area contributed by atoms with Crippen molar-refractivity contribution in [1.29, 1.82) is 0 Å². The van der Waals surface area contributed by atoms with E-state index in [1.165, 1.54) is 19.2 Å². The van der Waals surface area contributed by atoms with Gasteiger partial charge in [-0.25, -0.2) is 19.3 Å². The van der Waals surface area contributed by atoms with E-state index in [1.54, 1.807) is 31.2 Å². The van der Waals surface area contributed by atoms with Crippen molar-refractivity contribution >= 4 is 17.7 Å². The number of benzene rings is 1. The minimum atomic E-state index is -0.393. The molecule has 0 bridgehead atoms. The second kappa shape index (κ2) is 9.76. The molecule has 0 spiro atoms. The van der Waals surface area contributed by atoms with Crippen molar-refractivity contribution in [2.45, 2.75) is 38.3 Å². The average molecular weight is 492 g/mol. The van der Waals surface area contributed by atoms with E-state index in [0.717, 1.165) is 18.4 Å². The number of nitrogens with one attached hydrogen (secondary N) is 2. The molecule has 4 N–H and O–H groups in total. The van der Waals surface area contributed by atoms with Crippen molar-refractivity contribution < 1.29 is 18.8 Å². The van der Waals surface area contributed by atoms with Crippen LogP contribution in [0, 0.1) is 12.7 Å². The maximum atomic E-state index is 14.3. The Kier molecular flexibility index (Phi) is 6.36. The second-order valence-electron chi connectivity index (χ2n) is 8.74. The lowest BCUT2D eigenvalue weighted by atomic mass is 9.90. The molecule has 1 unspecified atom stereocenters. The molecule has 36 heavy (non-hydrogen) atoms. The molecule has 11 heteroatoms. The highest BCUT2D eigenvalue weighted by Gasteiger charge is 2.30. The highest BCUT2D eigenvalue weighted by molar-refractivity contribution is 6.01. The summed E-state index contributed by atoms with van der Waals surface area (Å²) < 4.78 is 19.6. The highest BCUT2D eigenvalue weighted by Crippen LogP contribution is 2.34. The molecule has 1 aliphatic heterocycles. The van der Waals surface area contributed by atoms with E-state index in [-0.39, 0.29) is 30.5 Å². The molecule has 2 aromatic heterocycles. The van der Waals surface area contributed by atoms with Gasteiger partial charge in [0.25, 0.3) is 5.91 Å². The summed E-state index contributed by atoms with van der Waals surface area (Å²) in [4.78, 5) is 30.6. The van der Waals surface area contributed by atoms with Crippen LogP contribution in [0.5, 0.6) is 5.88 Å². The molecule has 1 amide bonds. The monoisotopic (exact) mass is 491 g/mol. The number of carbonyl (C=O) groups excluding carboxylic acids is 1. The van der Waals surface area contributed by atoms with Crippen LogP contribution in [0.2, 0.25) is 0 Å². The normalized spacial score (nSPS) is 17.8. The number of aromatic nitrogens is 3. The molecule has 1 aliphatic carbocycles. The number of pyridine rings is 1. The summed E-state index contributed by atoms with van der Waals surface area (Å²) in [7, 11) is 1.53. The molecule has 5 rings (SSSR count). The van der Waals surface area contributed by atoms with Crippen molar-refractivity contribution in [2.75, 3.05) is 19.5 Å². The predicted octanol–water partition coefficient (Wildman–Crippen LogP) is 2.42. The van der Waals surface area contributed by atoms with Crippen LogP contribution in [-0.2, 0) is 16.1 Å². The molecule has 2 aliphatic rings. The maximum Gasteiger partial charge on any atom is 0.260 e. The number of amides is 1. The zero-order valence-corrected chi connectivity index (χ0v) is 19.9. The number of nitrogens with zero attached hydrogens (tertiary/aromatic N) is 4. The first-order valence-electron chi connectivity index (χ1n) is 11.6. The third kappa shape index (κ3) is 5.04. The summed E-state index contributed by atoms with van der Waals surface area (Å²) in [6.07, 6.45) is 2.40. The van der Waals surface area contributed by atoms with Gasteiger partial charge in [0.2, 0.25) is 11.8 Å². The van der Waals surface area contributed by atoms with E-state index in [0.29, 0.717) is 46.3 Å². The standard InChI is InChI=1S/C25H26FN7O3/c1-13-23-20(32-25(27)28-13)11-19(31-24(23)33-36-12-21(34)29-15-7-8-15)16-9-6-14(26)10-17(16)18-4-3-5-22(30-18)35-2/h3-6,9-10,15,19H,7-8,11-12H2,1-2H3,(H,29,34)(H,31,33)(H2,27,28,32). The molecular formula is C25H26FN7O3. The molecule has 1 fully saturated rings. The number of methoxy groups -OCH3 is 1. The van der Waals surface area contributed by atoms with Crippen LogP contribution in [0.3, 0.4) is 0 Å². The quantitative estimate of drug-likeness (QED) is 0.429. The number of anilines is 1. The van der Waals surface area contributed by atoms with Gasteiger partial charge in [-0.3, -0.25) is 4.79 Å². The van der Waals surface area contributed by atoms with E-state index in [1.807, 2.05) is 0 Å². The fourth-order valence-electron chi connectivity index (χ4n) is 4.24. The van der Waals surface area contributed by atoms with Crippen molar-refractivity contribution in [1.82, 2.24) is 25.6 Å². The molecule has 10 nitrogen and oxygen atoms in total. The summed E-state index contributed by atoms with van der Waals surface area (Å²) in [6, 6.07) is 9.71. The molecule has 3 aromatic rings. The van der Waals surface area contributed by atoms with Crippen LogP contribution in [0.4, 0.5) is 10.3 Å². The predicted molar refractivity (Wildman–Crippen MR) is 131 cm³/mol. The number of fused-ring (bicyclic) bond motifs is 1. The maximum absolute atomic E-state index is 14.3. The Bertz CT molecular complexity index is 1340. The number of aryl methyl sites for hydroxylation is 1. The van der Waals surface area contributed by atoms with Gasteiger partial charge in [0.05, 0.1) is 35.8 Å². The van der Waals surface area contributed by atoms with Gasteiger partial charge in [0.15, 0.2) is 12.4 Å². The Morgan fingerprint density at radius 1 is 1.25 bits per heavy atom. The Labute approximate surface area is 207 Å². The third-order valence-corrected chi connectivity index (χ3v) is 6.02. The van der Waals surface area contributed by atoms with Gasteiger partial charge in [0.1, 0.15) is 5.82 Å². The van der Waals surface area contributed by atoms with Gasteiger partial charge in [-0.2, -0.15) is 0 Å². The number of halogens is 1. The van der Waals surface area contributed by atoms with Gasteiger partial charge in [-0.15, -0.1) is 0 Å². The Hall–Kier alpha value is -4.28. The van der Waals surface area contributed by atoms with Crippen LogP contribution in [0.15, 0.2) is 41.6 Å². The van der Waals surface area contributed by atoms with Crippen LogP contribution < -0.4 is 21.1 Å². The highest BCUT2D eigenvalue weighted by atomic mass is 19.1. The molecule has 0 radical (unpaired) electrons. The van der Waals surface area contributed by atoms with Crippen LogP contribution in [-0.4, -0.2) is 46.5 Å². The topological polar surface area (TPSA) is 137 Å². The number of rotatable bonds is 7. The van der Waals surface area contributed by atoms with Crippen LogP contribution in [0.25, 0.3) is 11.3 Å². The third-order valence-electron chi connectivity index (χ3n) is 6.02. The van der Waals surface area contributed by atoms with Gasteiger partial charge < -0.3 is 25.9 Å². The van der Waals surface area contributed by atoms with Gasteiger partial charge in [0, 0.05) is 24.1 Å². The summed E-state index contributed by atoms with van der Waals surface area (Å²) in [5, 5.41) is 10.4. The number of nitrogens with two attached hydrogens (primary N) is 1. The van der Waals surface area contributed by atoms with E-state index < -0.39 is 5.82 Å². The molecule has 1 aromatic carbocycles. The number of hydrogen-bond donors (Lipinski definition) is 3. The first-order chi connectivity index (χ1) is 17.4. The zero-order valence-electron chi connectivity index (χ0n) is 19.9. The van der Waals surface area contributed by atoms with Gasteiger partial charge in [-0.1, -0.05) is 17.3 Å². The number of amidine groups is 1. The Balaban J connectivity index is 1.50. The number of oxime groups is 1. The summed E-state index contributed by atoms with van der Waals surface area (Å²) in [5.74, 6) is 0.304. The Morgan fingerprint density at radius 3 is 2.86 bits per heavy atom. The number of hydrogen-bond acceptors (Lipinski definition) is 8. The molecule has 1 saturated carbocycles. The van der Waals surface area contributed by atoms with Crippen molar-refractivity contribution in [3.05, 3.63) is 64.7 Å². The van der Waals surface area contributed by atoms with Crippen molar-refractivity contribution in [3.63, 3.8) is 0 Å².